The standard InChI is InChI=1S/C17H17N3OS/c1-3-12-6-8-13(9-7-12)14-11-22-17(18-14)19-16(21)15-5-4-10-20(15)2/h4-11H,3H2,1-2H3,(H,18,19,21). The Labute approximate surface area is 133 Å². The first-order valence-corrected chi connectivity index (χ1v) is 8.03. The number of nitrogens with one attached hydrogen (secondary N) is 1. The van der Waals surface area contributed by atoms with Gasteiger partial charge in [-0.2, -0.15) is 0 Å². The van der Waals surface area contributed by atoms with E-state index in [0.717, 1.165) is 17.7 Å². The summed E-state index contributed by atoms with van der Waals surface area (Å²) < 4.78 is 1.79. The highest BCUT2D eigenvalue weighted by Gasteiger charge is 2.12. The zero-order valence-electron chi connectivity index (χ0n) is 12.5. The second kappa shape index (κ2) is 6.15. The molecule has 0 unspecified atom stereocenters. The second-order valence-electron chi connectivity index (χ2n) is 5.05. The van der Waals surface area contributed by atoms with Gasteiger partial charge in [0.05, 0.1) is 5.69 Å². The average Bonchev–Trinajstić information content (AvgIpc) is 3.16. The first-order chi connectivity index (χ1) is 10.7. The monoisotopic (exact) mass is 311 g/mol. The highest BCUT2D eigenvalue weighted by molar-refractivity contribution is 7.14. The molecule has 1 amide bonds. The number of aryl methyl sites for hydroxylation is 2. The van der Waals surface area contributed by atoms with Crippen LogP contribution in [0.1, 0.15) is 23.0 Å². The molecule has 22 heavy (non-hydrogen) atoms. The van der Waals surface area contributed by atoms with Gasteiger partial charge >= 0.3 is 0 Å². The number of anilines is 1. The van der Waals surface area contributed by atoms with Crippen molar-refractivity contribution >= 4 is 22.4 Å². The van der Waals surface area contributed by atoms with Crippen LogP contribution in [0, 0.1) is 0 Å². The highest BCUT2D eigenvalue weighted by Crippen LogP contribution is 2.25. The summed E-state index contributed by atoms with van der Waals surface area (Å²) in [6.45, 7) is 2.13. The molecule has 0 aliphatic rings. The van der Waals surface area contributed by atoms with Gasteiger partial charge in [-0.1, -0.05) is 31.2 Å². The van der Waals surface area contributed by atoms with Crippen LogP contribution >= 0.6 is 11.3 Å². The SMILES string of the molecule is CCc1ccc(-c2csc(NC(=O)c3cccn3C)n2)cc1. The van der Waals surface area contributed by atoms with Gasteiger partial charge in [0.25, 0.3) is 5.91 Å². The Morgan fingerprint density at radius 3 is 2.68 bits per heavy atom. The number of benzene rings is 1. The van der Waals surface area contributed by atoms with Crippen LogP contribution < -0.4 is 5.32 Å². The molecular weight excluding hydrogens is 294 g/mol. The predicted molar refractivity (Wildman–Crippen MR) is 90.3 cm³/mol. The molecule has 0 saturated carbocycles. The molecule has 0 atom stereocenters. The van der Waals surface area contributed by atoms with E-state index in [1.165, 1.54) is 16.9 Å². The first-order valence-electron chi connectivity index (χ1n) is 7.15. The summed E-state index contributed by atoms with van der Waals surface area (Å²) in [5.74, 6) is -0.144. The van der Waals surface area contributed by atoms with Gasteiger partial charge in [-0.05, 0) is 24.1 Å². The second-order valence-corrected chi connectivity index (χ2v) is 5.90. The Bertz CT molecular complexity index is 786. The summed E-state index contributed by atoms with van der Waals surface area (Å²) in [7, 11) is 1.84. The Balaban J connectivity index is 1.76. The smallest absolute Gasteiger partial charge is 0.274 e. The van der Waals surface area contributed by atoms with E-state index in [2.05, 4.69) is 41.5 Å². The Hall–Kier alpha value is -2.40. The van der Waals surface area contributed by atoms with Crippen molar-refractivity contribution in [3.05, 3.63) is 59.2 Å². The fourth-order valence-corrected chi connectivity index (χ4v) is 2.95. The number of thiazole rings is 1. The molecule has 0 bridgehead atoms. The van der Waals surface area contributed by atoms with Crippen molar-refractivity contribution in [2.24, 2.45) is 7.05 Å². The molecule has 2 heterocycles. The van der Waals surface area contributed by atoms with Crippen LogP contribution in [0.2, 0.25) is 0 Å². The lowest BCUT2D eigenvalue weighted by molar-refractivity contribution is 0.101. The Kier molecular flexibility index (Phi) is 4.06. The van der Waals surface area contributed by atoms with Gasteiger partial charge in [-0.3, -0.25) is 10.1 Å². The number of hydrogen-bond donors (Lipinski definition) is 1. The van der Waals surface area contributed by atoms with Crippen LogP contribution in [0.15, 0.2) is 48.0 Å². The van der Waals surface area contributed by atoms with Gasteiger partial charge < -0.3 is 4.57 Å². The number of hydrogen-bond acceptors (Lipinski definition) is 3. The van der Waals surface area contributed by atoms with Crippen LogP contribution in [0.25, 0.3) is 11.3 Å². The van der Waals surface area contributed by atoms with Crippen LogP contribution in [0.3, 0.4) is 0 Å². The van der Waals surface area contributed by atoms with Gasteiger partial charge in [-0.25, -0.2) is 4.98 Å². The van der Waals surface area contributed by atoms with Crippen molar-refractivity contribution in [3.8, 4) is 11.3 Å². The molecule has 3 aromatic rings. The lowest BCUT2D eigenvalue weighted by Gasteiger charge is -2.03. The van der Waals surface area contributed by atoms with Gasteiger partial charge in [-0.15, -0.1) is 11.3 Å². The molecule has 0 saturated heterocycles. The maximum atomic E-state index is 12.2. The third-order valence-electron chi connectivity index (χ3n) is 3.56. The quantitative estimate of drug-likeness (QED) is 0.792. The number of nitrogens with zero attached hydrogens (tertiary/aromatic N) is 2. The third-order valence-corrected chi connectivity index (χ3v) is 4.32. The van der Waals surface area contributed by atoms with Crippen molar-refractivity contribution in [1.82, 2.24) is 9.55 Å². The van der Waals surface area contributed by atoms with Crippen molar-refractivity contribution < 1.29 is 4.79 Å². The van der Waals surface area contributed by atoms with E-state index in [-0.39, 0.29) is 5.91 Å². The third kappa shape index (κ3) is 2.94. The predicted octanol–water partition coefficient (Wildman–Crippen LogP) is 3.96. The number of carbonyl (C=O) groups is 1. The molecule has 1 aromatic carbocycles. The highest BCUT2D eigenvalue weighted by atomic mass is 32.1. The van der Waals surface area contributed by atoms with E-state index in [9.17, 15) is 4.79 Å². The number of aromatic nitrogens is 2. The molecule has 112 valence electrons. The minimum absolute atomic E-state index is 0.144. The van der Waals surface area contributed by atoms with Gasteiger partial charge in [0, 0.05) is 24.2 Å². The van der Waals surface area contributed by atoms with E-state index < -0.39 is 0 Å². The largest absolute Gasteiger partial charge is 0.347 e. The lowest BCUT2D eigenvalue weighted by atomic mass is 10.1. The van der Waals surface area contributed by atoms with Crippen molar-refractivity contribution in [3.63, 3.8) is 0 Å². The average molecular weight is 311 g/mol. The summed E-state index contributed by atoms with van der Waals surface area (Å²) in [5.41, 5.74) is 3.86. The van der Waals surface area contributed by atoms with E-state index in [0.29, 0.717) is 10.8 Å². The zero-order chi connectivity index (χ0) is 15.5. The number of amides is 1. The van der Waals surface area contributed by atoms with Crippen molar-refractivity contribution in [2.75, 3.05) is 5.32 Å². The summed E-state index contributed by atoms with van der Waals surface area (Å²) >= 11 is 1.43. The van der Waals surface area contributed by atoms with E-state index >= 15 is 0 Å². The first kappa shape index (κ1) is 14.5. The van der Waals surface area contributed by atoms with Crippen molar-refractivity contribution in [2.45, 2.75) is 13.3 Å². The van der Waals surface area contributed by atoms with Crippen molar-refractivity contribution in [1.29, 1.82) is 0 Å². The molecule has 0 aliphatic carbocycles. The molecule has 0 radical (unpaired) electrons. The molecular formula is C17H17N3OS. The zero-order valence-corrected chi connectivity index (χ0v) is 13.4. The Morgan fingerprint density at radius 2 is 2.05 bits per heavy atom. The van der Waals surface area contributed by atoms with Gasteiger partial charge in [0.15, 0.2) is 5.13 Å². The van der Waals surface area contributed by atoms with Crippen LogP contribution in [-0.2, 0) is 13.5 Å². The number of rotatable bonds is 4. The van der Waals surface area contributed by atoms with E-state index in [1.54, 1.807) is 10.6 Å². The summed E-state index contributed by atoms with van der Waals surface area (Å²) in [6.07, 6.45) is 2.87. The lowest BCUT2D eigenvalue weighted by Crippen LogP contribution is -2.15. The molecule has 0 fully saturated rings. The number of carbonyl (C=O) groups excluding carboxylic acids is 1. The molecule has 5 heteroatoms. The maximum absolute atomic E-state index is 12.2. The topological polar surface area (TPSA) is 46.9 Å². The molecule has 0 spiro atoms. The summed E-state index contributed by atoms with van der Waals surface area (Å²) in [4.78, 5) is 16.7. The van der Waals surface area contributed by atoms with Crippen LogP contribution in [0.5, 0.6) is 0 Å². The van der Waals surface area contributed by atoms with Gasteiger partial charge in [0.1, 0.15) is 5.69 Å². The fourth-order valence-electron chi connectivity index (χ4n) is 2.23. The molecule has 0 aliphatic heterocycles. The normalized spacial score (nSPS) is 10.6. The minimum Gasteiger partial charge on any atom is -0.347 e. The minimum atomic E-state index is -0.144. The maximum Gasteiger partial charge on any atom is 0.274 e. The van der Waals surface area contributed by atoms with Gasteiger partial charge in [0.2, 0.25) is 0 Å². The molecule has 2 aromatic heterocycles. The van der Waals surface area contributed by atoms with E-state index in [4.69, 9.17) is 0 Å². The summed E-state index contributed by atoms with van der Waals surface area (Å²) in [5, 5.41) is 5.42. The molecule has 3 rings (SSSR count). The van der Waals surface area contributed by atoms with Crippen LogP contribution in [-0.4, -0.2) is 15.5 Å². The van der Waals surface area contributed by atoms with E-state index in [1.807, 2.05) is 24.7 Å². The fraction of sp³-hybridized carbons (Fsp3) is 0.176. The van der Waals surface area contributed by atoms with Crippen LogP contribution in [0.4, 0.5) is 5.13 Å². The molecule has 4 nitrogen and oxygen atoms in total. The Morgan fingerprint density at radius 1 is 1.27 bits per heavy atom. The molecule has 1 N–H and O–H groups in total. The summed E-state index contributed by atoms with van der Waals surface area (Å²) in [6, 6.07) is 12.0.